The maximum Gasteiger partial charge on any atom is 3.00 e. The van der Waals surface area contributed by atoms with Crippen LogP contribution >= 0.6 is 0 Å². The topological polar surface area (TPSA) is 14.1 Å². The zero-order chi connectivity index (χ0) is 18.7. The van der Waals surface area contributed by atoms with E-state index in [2.05, 4.69) is 52.6 Å². The molecule has 3 unspecified atom stereocenters. The van der Waals surface area contributed by atoms with Gasteiger partial charge < -0.3 is 4.98 Å². The molecule has 1 nitrogen and oxygen atoms in total. The molecule has 3 atom stereocenters. The Bertz CT molecular complexity index is 565. The van der Waals surface area contributed by atoms with Gasteiger partial charge in [-0.25, -0.2) is 0 Å². The van der Waals surface area contributed by atoms with Crippen LogP contribution in [0.5, 0.6) is 0 Å². The van der Waals surface area contributed by atoms with E-state index in [0.717, 1.165) is 17.4 Å². The van der Waals surface area contributed by atoms with E-state index in [0.29, 0.717) is 0 Å². The van der Waals surface area contributed by atoms with Gasteiger partial charge in [0.05, 0.1) is 0 Å². The van der Waals surface area contributed by atoms with Crippen molar-refractivity contribution in [3.63, 3.8) is 0 Å². The predicted octanol–water partition coefficient (Wildman–Crippen LogP) is 7.56. The Labute approximate surface area is 178 Å². The van der Waals surface area contributed by atoms with Crippen LogP contribution in [0.1, 0.15) is 59.8 Å². The molecule has 2 fully saturated rings. The number of hydrogen-bond acceptors (Lipinski definition) is 0. The van der Waals surface area contributed by atoms with Crippen molar-refractivity contribution in [1.82, 2.24) is 0 Å². The first kappa shape index (κ1) is 23.9. The normalized spacial score (nSPS) is 27.5. The summed E-state index contributed by atoms with van der Waals surface area (Å²) in [5, 5.41) is 0. The molecule has 0 amide bonds. The van der Waals surface area contributed by atoms with Crippen LogP contribution in [0, 0.1) is 11.8 Å². The summed E-state index contributed by atoms with van der Waals surface area (Å²) in [6.45, 7) is 17.2. The Balaban J connectivity index is 0.000000501. The smallest absolute Gasteiger partial charge is 0.660 e. The van der Waals surface area contributed by atoms with Gasteiger partial charge in [0, 0.05) is 0 Å². The van der Waals surface area contributed by atoms with E-state index in [1.807, 2.05) is 19.1 Å². The molecule has 0 bridgehead atoms. The van der Waals surface area contributed by atoms with E-state index in [-0.39, 0.29) is 27.3 Å². The van der Waals surface area contributed by atoms with Gasteiger partial charge in [-0.2, -0.15) is 0 Å². The van der Waals surface area contributed by atoms with Gasteiger partial charge in [0.15, 0.2) is 0 Å². The molecule has 0 saturated heterocycles. The molecule has 0 spiro atoms. The number of hydrogen-bond donors (Lipinski definition) is 0. The van der Waals surface area contributed by atoms with E-state index in [4.69, 9.17) is 4.98 Å². The maximum atomic E-state index is 5.29. The summed E-state index contributed by atoms with van der Waals surface area (Å²) >= 11 is 0. The summed E-state index contributed by atoms with van der Waals surface area (Å²) in [4.78, 5) is 5.29. The third-order valence-corrected chi connectivity index (χ3v) is 9.48. The van der Waals surface area contributed by atoms with Gasteiger partial charge >= 0.3 is 21.7 Å². The van der Waals surface area contributed by atoms with Crippen molar-refractivity contribution in [2.45, 2.75) is 84.0 Å². The fourth-order valence-corrected chi connectivity index (χ4v) is 9.11. The molecule has 3 rings (SSSR count). The Morgan fingerprint density at radius 2 is 1.73 bits per heavy atom. The maximum absolute atomic E-state index is 5.29. The SMILES string of the molecule is C=C/C=C/C.CC(C)(C)[N-][Si](C)(C)C1CCC2C=C3CCCC3=CC21.[Ti+3]. The molecule has 0 aromatic heterocycles. The molecule has 2 saturated carbocycles. The predicted molar refractivity (Wildman–Crippen MR) is 116 cm³/mol. The summed E-state index contributed by atoms with van der Waals surface area (Å²) in [5.74, 6) is 1.64. The zero-order valence-corrected chi connectivity index (χ0v) is 20.4. The average molecular weight is 405 g/mol. The van der Waals surface area contributed by atoms with E-state index < -0.39 is 8.24 Å². The molecule has 0 aromatic rings. The minimum atomic E-state index is -1.51. The number of allylic oxidation sites excluding steroid dienone is 7. The Morgan fingerprint density at radius 1 is 1.12 bits per heavy atom. The molecule has 26 heavy (non-hydrogen) atoms. The molecule has 0 aromatic carbocycles. The van der Waals surface area contributed by atoms with Crippen LogP contribution in [0.3, 0.4) is 0 Å². The summed E-state index contributed by atoms with van der Waals surface area (Å²) < 4.78 is 0. The Hall–Kier alpha value is -0.149. The number of rotatable bonds is 3. The molecule has 3 heteroatoms. The fourth-order valence-electron chi connectivity index (χ4n) is 5.06. The van der Waals surface area contributed by atoms with Gasteiger partial charge in [-0.1, -0.05) is 91.0 Å². The van der Waals surface area contributed by atoms with Crippen LogP contribution in [0.15, 0.2) is 48.1 Å². The fraction of sp³-hybridized carbons (Fsp3) is 0.652. The van der Waals surface area contributed by atoms with Crippen molar-refractivity contribution >= 4 is 8.24 Å². The molecule has 0 N–H and O–H groups in total. The van der Waals surface area contributed by atoms with Crippen molar-refractivity contribution in [3.05, 3.63) is 53.1 Å². The van der Waals surface area contributed by atoms with Crippen molar-refractivity contribution in [2.24, 2.45) is 11.8 Å². The van der Waals surface area contributed by atoms with E-state index in [1.165, 1.54) is 32.1 Å². The third kappa shape index (κ3) is 6.19. The van der Waals surface area contributed by atoms with E-state index in [9.17, 15) is 0 Å². The number of fused-ring (bicyclic) bond motifs is 2. The molecular weight excluding hydrogens is 366 g/mol. The second-order valence-electron chi connectivity index (χ2n) is 9.36. The van der Waals surface area contributed by atoms with Crippen LogP contribution in [0.25, 0.3) is 4.98 Å². The second-order valence-corrected chi connectivity index (χ2v) is 13.6. The van der Waals surface area contributed by atoms with Crippen molar-refractivity contribution in [3.8, 4) is 0 Å². The minimum absolute atomic E-state index is 0. The van der Waals surface area contributed by atoms with Crippen molar-refractivity contribution < 1.29 is 21.7 Å². The molecular formula is C23H38NSiTi+2. The van der Waals surface area contributed by atoms with Gasteiger partial charge in [0.25, 0.3) is 0 Å². The molecule has 0 heterocycles. The first-order valence-electron chi connectivity index (χ1n) is 10.1. The third-order valence-electron chi connectivity index (χ3n) is 5.74. The largest absolute Gasteiger partial charge is 3.00 e. The van der Waals surface area contributed by atoms with E-state index in [1.54, 1.807) is 17.2 Å². The van der Waals surface area contributed by atoms with Gasteiger partial charge in [-0.15, -0.1) is 5.54 Å². The van der Waals surface area contributed by atoms with Crippen LogP contribution in [-0.4, -0.2) is 13.8 Å². The second kappa shape index (κ2) is 9.87. The molecule has 3 aliphatic carbocycles. The van der Waals surface area contributed by atoms with Crippen LogP contribution < -0.4 is 0 Å². The van der Waals surface area contributed by atoms with Gasteiger partial charge in [-0.05, 0) is 55.6 Å². The molecule has 0 aliphatic heterocycles. The van der Waals surface area contributed by atoms with Crippen LogP contribution in [0.2, 0.25) is 18.6 Å². The summed E-state index contributed by atoms with van der Waals surface area (Å²) in [5.41, 5.74) is 4.37. The standard InChI is InChI=1S/C18H30NSi.C5H8.Ti/c1-18(2,3)19-20(4,5)17-10-9-15-11-13-7-6-8-14(13)12-16(15)17;1-3-5-4-2;/h11-12,15-17H,6-10H2,1-5H3;3-5H,1H2,2H3;/q-1;;+3/b;5-4+;. The first-order valence-corrected chi connectivity index (χ1v) is 13.1. The van der Waals surface area contributed by atoms with Crippen molar-refractivity contribution in [1.29, 1.82) is 0 Å². The van der Waals surface area contributed by atoms with Gasteiger partial charge in [0.1, 0.15) is 0 Å². The summed E-state index contributed by atoms with van der Waals surface area (Å²) in [7, 11) is -1.51. The zero-order valence-electron chi connectivity index (χ0n) is 17.8. The number of nitrogens with zero attached hydrogens (tertiary/aromatic N) is 1. The minimum Gasteiger partial charge on any atom is -0.660 e. The summed E-state index contributed by atoms with van der Waals surface area (Å²) in [6, 6.07) is 0. The van der Waals surface area contributed by atoms with Crippen molar-refractivity contribution in [2.75, 3.05) is 0 Å². The van der Waals surface area contributed by atoms with Crippen LogP contribution in [0.4, 0.5) is 0 Å². The average Bonchev–Trinajstić information content (AvgIpc) is 3.09. The quantitative estimate of drug-likeness (QED) is 0.340. The first-order chi connectivity index (χ1) is 11.7. The molecule has 3 aliphatic rings. The van der Waals surface area contributed by atoms with E-state index >= 15 is 0 Å². The van der Waals surface area contributed by atoms with Gasteiger partial charge in [-0.3, -0.25) is 0 Å². The summed E-state index contributed by atoms with van der Waals surface area (Å²) in [6.07, 6.45) is 17.8. The van der Waals surface area contributed by atoms with Crippen LogP contribution in [-0.2, 0) is 21.7 Å². The molecule has 141 valence electrons. The Morgan fingerprint density at radius 3 is 2.23 bits per heavy atom. The molecule has 1 radical (unpaired) electrons. The van der Waals surface area contributed by atoms with Gasteiger partial charge in [0.2, 0.25) is 0 Å². The Kier molecular flexibility index (Phi) is 9.07. The monoisotopic (exact) mass is 404 g/mol.